The topological polar surface area (TPSA) is 38.0 Å². The summed E-state index contributed by atoms with van der Waals surface area (Å²) in [4.78, 5) is 0.193. The molecule has 0 aliphatic rings. The summed E-state index contributed by atoms with van der Waals surface area (Å²) in [6.07, 6.45) is 0.870. The molecule has 0 saturated heterocycles. The molecule has 0 aliphatic carbocycles. The fourth-order valence-electron chi connectivity index (χ4n) is 2.13. The van der Waals surface area contributed by atoms with E-state index in [0.29, 0.717) is 5.56 Å². The monoisotopic (exact) mass is 288 g/mol. The van der Waals surface area contributed by atoms with Crippen molar-refractivity contribution in [2.45, 2.75) is 19.4 Å². The number of nitrogens with two attached hydrogens (primary N) is 1. The summed E-state index contributed by atoms with van der Waals surface area (Å²) < 4.78 is 13.2. The first kappa shape index (κ1) is 14.5. The molecule has 104 valence electrons. The van der Waals surface area contributed by atoms with Gasteiger partial charge in [0, 0.05) is 17.3 Å². The summed E-state index contributed by atoms with van der Waals surface area (Å²) in [6.45, 7) is 2.07. The van der Waals surface area contributed by atoms with Crippen molar-refractivity contribution in [3.8, 4) is 0 Å². The first-order valence-electron chi connectivity index (χ1n) is 6.46. The van der Waals surface area contributed by atoms with Crippen LogP contribution in [0.4, 0.5) is 10.1 Å². The van der Waals surface area contributed by atoms with Gasteiger partial charge < -0.3 is 11.1 Å². The van der Waals surface area contributed by atoms with Gasteiger partial charge in [-0.05, 0) is 37.1 Å². The zero-order valence-corrected chi connectivity index (χ0v) is 12.1. The van der Waals surface area contributed by atoms with Crippen molar-refractivity contribution >= 4 is 22.9 Å². The molecule has 0 aliphatic heterocycles. The molecular weight excluding hydrogens is 271 g/mol. The number of halogens is 1. The van der Waals surface area contributed by atoms with E-state index in [1.807, 2.05) is 18.2 Å². The standard InChI is InChI=1S/C16H17FN2S/c1-11(9-12-5-3-2-4-6-12)19-15-8-7-13(17)10-14(15)16(18)20/h2-8,10-11,19H,9H2,1H3,(H2,18,20). The van der Waals surface area contributed by atoms with Crippen molar-refractivity contribution in [3.05, 3.63) is 65.5 Å². The molecule has 1 atom stereocenters. The van der Waals surface area contributed by atoms with Gasteiger partial charge in [-0.15, -0.1) is 0 Å². The fourth-order valence-corrected chi connectivity index (χ4v) is 2.30. The average molecular weight is 288 g/mol. The molecule has 0 heterocycles. The Morgan fingerprint density at radius 1 is 1.25 bits per heavy atom. The Balaban J connectivity index is 2.11. The molecule has 1 unspecified atom stereocenters. The molecule has 0 aromatic heterocycles. The van der Waals surface area contributed by atoms with Gasteiger partial charge in [0.25, 0.3) is 0 Å². The zero-order chi connectivity index (χ0) is 14.5. The third-order valence-electron chi connectivity index (χ3n) is 3.03. The van der Waals surface area contributed by atoms with Crippen LogP contribution < -0.4 is 11.1 Å². The molecular formula is C16H17FN2S. The number of rotatable bonds is 5. The highest BCUT2D eigenvalue weighted by Crippen LogP contribution is 2.19. The molecule has 20 heavy (non-hydrogen) atoms. The van der Waals surface area contributed by atoms with Crippen LogP contribution in [0.2, 0.25) is 0 Å². The maximum atomic E-state index is 13.2. The number of hydrogen-bond acceptors (Lipinski definition) is 2. The summed E-state index contributed by atoms with van der Waals surface area (Å²) in [6, 6.07) is 14.8. The van der Waals surface area contributed by atoms with Gasteiger partial charge in [0.2, 0.25) is 0 Å². The predicted octanol–water partition coefficient (Wildman–Crippen LogP) is 3.50. The number of thiocarbonyl (C=S) groups is 1. The third-order valence-corrected chi connectivity index (χ3v) is 3.25. The smallest absolute Gasteiger partial charge is 0.124 e. The van der Waals surface area contributed by atoms with Crippen molar-refractivity contribution in [1.82, 2.24) is 0 Å². The van der Waals surface area contributed by atoms with Gasteiger partial charge in [-0.3, -0.25) is 0 Å². The van der Waals surface area contributed by atoms with E-state index in [1.54, 1.807) is 6.07 Å². The van der Waals surface area contributed by atoms with E-state index in [2.05, 4.69) is 24.4 Å². The van der Waals surface area contributed by atoms with Crippen molar-refractivity contribution in [2.24, 2.45) is 5.73 Å². The van der Waals surface area contributed by atoms with Gasteiger partial charge in [0.05, 0.1) is 0 Å². The van der Waals surface area contributed by atoms with Crippen molar-refractivity contribution in [1.29, 1.82) is 0 Å². The summed E-state index contributed by atoms with van der Waals surface area (Å²) in [5.41, 5.74) is 8.19. The first-order chi connectivity index (χ1) is 9.56. The molecule has 0 fully saturated rings. The lowest BCUT2D eigenvalue weighted by atomic mass is 10.1. The minimum Gasteiger partial charge on any atom is -0.389 e. The van der Waals surface area contributed by atoms with Crippen molar-refractivity contribution < 1.29 is 4.39 Å². The van der Waals surface area contributed by atoms with Crippen LogP contribution in [0, 0.1) is 5.82 Å². The summed E-state index contributed by atoms with van der Waals surface area (Å²) >= 11 is 4.96. The highest BCUT2D eigenvalue weighted by atomic mass is 32.1. The average Bonchev–Trinajstić information content (AvgIpc) is 2.41. The second-order valence-corrected chi connectivity index (χ2v) is 5.23. The normalized spacial score (nSPS) is 11.9. The molecule has 0 saturated carbocycles. The van der Waals surface area contributed by atoms with E-state index < -0.39 is 0 Å². The second-order valence-electron chi connectivity index (χ2n) is 4.79. The van der Waals surface area contributed by atoms with Crippen LogP contribution in [-0.2, 0) is 6.42 Å². The summed E-state index contributed by atoms with van der Waals surface area (Å²) in [5, 5.41) is 3.33. The van der Waals surface area contributed by atoms with Crippen LogP contribution in [0.3, 0.4) is 0 Å². The molecule has 2 nitrogen and oxygen atoms in total. The van der Waals surface area contributed by atoms with Crippen LogP contribution in [-0.4, -0.2) is 11.0 Å². The van der Waals surface area contributed by atoms with Gasteiger partial charge in [0.15, 0.2) is 0 Å². The molecule has 0 amide bonds. The quantitative estimate of drug-likeness (QED) is 0.827. The Bertz CT molecular complexity index is 599. The Morgan fingerprint density at radius 2 is 1.95 bits per heavy atom. The molecule has 2 aromatic rings. The van der Waals surface area contributed by atoms with E-state index in [4.69, 9.17) is 18.0 Å². The van der Waals surface area contributed by atoms with Crippen LogP contribution in [0.1, 0.15) is 18.1 Å². The maximum absolute atomic E-state index is 13.2. The van der Waals surface area contributed by atoms with E-state index in [-0.39, 0.29) is 16.8 Å². The summed E-state index contributed by atoms with van der Waals surface area (Å²) in [5.74, 6) is -0.339. The Labute approximate surface area is 123 Å². The predicted molar refractivity (Wildman–Crippen MR) is 85.5 cm³/mol. The Morgan fingerprint density at radius 3 is 2.60 bits per heavy atom. The molecule has 0 spiro atoms. The molecule has 4 heteroatoms. The van der Waals surface area contributed by atoms with E-state index in [1.165, 1.54) is 17.7 Å². The van der Waals surface area contributed by atoms with Gasteiger partial charge in [-0.1, -0.05) is 42.5 Å². The lowest BCUT2D eigenvalue weighted by molar-refractivity contribution is 0.627. The lowest BCUT2D eigenvalue weighted by Gasteiger charge is -2.18. The molecule has 2 aromatic carbocycles. The van der Waals surface area contributed by atoms with Crippen molar-refractivity contribution in [2.75, 3.05) is 5.32 Å². The van der Waals surface area contributed by atoms with Gasteiger partial charge in [-0.25, -0.2) is 4.39 Å². The van der Waals surface area contributed by atoms with Crippen LogP contribution in [0.25, 0.3) is 0 Å². The highest BCUT2D eigenvalue weighted by molar-refractivity contribution is 7.80. The van der Waals surface area contributed by atoms with E-state index in [9.17, 15) is 4.39 Å². The van der Waals surface area contributed by atoms with Crippen molar-refractivity contribution in [3.63, 3.8) is 0 Å². The third kappa shape index (κ3) is 3.78. The number of anilines is 1. The number of nitrogens with one attached hydrogen (secondary N) is 1. The minimum absolute atomic E-state index is 0.191. The van der Waals surface area contributed by atoms with Gasteiger partial charge >= 0.3 is 0 Å². The van der Waals surface area contributed by atoms with Gasteiger partial charge in [0.1, 0.15) is 10.8 Å². The molecule has 2 rings (SSSR count). The number of hydrogen-bond donors (Lipinski definition) is 2. The van der Waals surface area contributed by atoms with Crippen LogP contribution in [0.15, 0.2) is 48.5 Å². The minimum atomic E-state index is -0.339. The SMILES string of the molecule is CC(Cc1ccccc1)Nc1ccc(F)cc1C(N)=S. The van der Waals surface area contributed by atoms with E-state index in [0.717, 1.165) is 12.1 Å². The van der Waals surface area contributed by atoms with Crippen LogP contribution >= 0.6 is 12.2 Å². The fraction of sp³-hybridized carbons (Fsp3) is 0.188. The Hall–Kier alpha value is -1.94. The highest BCUT2D eigenvalue weighted by Gasteiger charge is 2.10. The lowest BCUT2D eigenvalue weighted by Crippen LogP contribution is -2.21. The van der Waals surface area contributed by atoms with Gasteiger partial charge in [-0.2, -0.15) is 0 Å². The summed E-state index contributed by atoms with van der Waals surface area (Å²) in [7, 11) is 0. The largest absolute Gasteiger partial charge is 0.389 e. The second kappa shape index (κ2) is 6.48. The van der Waals surface area contributed by atoms with Crippen LogP contribution in [0.5, 0.6) is 0 Å². The first-order valence-corrected chi connectivity index (χ1v) is 6.87. The molecule has 3 N–H and O–H groups in total. The maximum Gasteiger partial charge on any atom is 0.124 e. The number of benzene rings is 2. The molecule has 0 bridgehead atoms. The Kier molecular flexibility index (Phi) is 4.69. The zero-order valence-electron chi connectivity index (χ0n) is 11.3. The van der Waals surface area contributed by atoms with E-state index >= 15 is 0 Å². The molecule has 0 radical (unpaired) electrons.